The highest BCUT2D eigenvalue weighted by Gasteiger charge is 2.33. The molecule has 170 valence electrons. The van der Waals surface area contributed by atoms with Gasteiger partial charge in [0.1, 0.15) is 11.5 Å². The Hall–Kier alpha value is -3.65. The molecule has 0 spiro atoms. The van der Waals surface area contributed by atoms with E-state index < -0.39 is 12.0 Å². The molecule has 7 nitrogen and oxygen atoms in total. The van der Waals surface area contributed by atoms with Crippen LogP contribution in [0.25, 0.3) is 6.08 Å². The van der Waals surface area contributed by atoms with Crippen LogP contribution in [-0.4, -0.2) is 28.9 Å². The van der Waals surface area contributed by atoms with E-state index in [1.165, 1.54) is 11.3 Å². The molecule has 1 aliphatic rings. The van der Waals surface area contributed by atoms with Crippen LogP contribution in [0, 0.1) is 0 Å². The molecule has 0 amide bonds. The smallest absolute Gasteiger partial charge is 0.338 e. The number of esters is 1. The summed E-state index contributed by atoms with van der Waals surface area (Å²) in [6, 6.07) is 13.3. The Kier molecular flexibility index (Phi) is 6.46. The molecule has 1 aromatic heterocycles. The highest BCUT2D eigenvalue weighted by molar-refractivity contribution is 7.07. The van der Waals surface area contributed by atoms with Gasteiger partial charge < -0.3 is 14.6 Å². The van der Waals surface area contributed by atoms with E-state index in [2.05, 4.69) is 4.99 Å². The molecular formula is C25H24N2O5S. The number of ether oxygens (including phenoxy) is 2. The number of fused-ring (bicyclic) bond motifs is 1. The standard InChI is InChI=1S/C25H24N2O5S/c1-4-31-19-12-8-17(9-13-19)22-21(24(30)32-5-2)15(3)26-25-27(22)23(29)20(33-25)14-16-6-10-18(28)11-7-16/h6-14,22,28H,4-5H2,1-3H3/b20-14-/t22-/m0/s1. The zero-order valence-corrected chi connectivity index (χ0v) is 19.4. The summed E-state index contributed by atoms with van der Waals surface area (Å²) in [5.74, 6) is 0.364. The van der Waals surface area contributed by atoms with Crippen LogP contribution < -0.4 is 19.6 Å². The number of allylic oxidation sites excluding steroid dienone is 1. The fourth-order valence-electron chi connectivity index (χ4n) is 3.74. The van der Waals surface area contributed by atoms with Gasteiger partial charge in [0.05, 0.1) is 35.1 Å². The Balaban J connectivity index is 1.90. The predicted molar refractivity (Wildman–Crippen MR) is 126 cm³/mol. The number of carbonyl (C=O) groups excluding carboxylic acids is 1. The molecule has 0 fully saturated rings. The minimum Gasteiger partial charge on any atom is -0.508 e. The Bertz CT molecular complexity index is 1380. The second-order valence-corrected chi connectivity index (χ2v) is 8.40. The third-order valence-corrected chi connectivity index (χ3v) is 6.20. The first-order chi connectivity index (χ1) is 15.9. The van der Waals surface area contributed by atoms with Gasteiger partial charge in [0.25, 0.3) is 5.56 Å². The third kappa shape index (κ3) is 4.47. The number of aromatic nitrogens is 1. The number of carbonyl (C=O) groups is 1. The van der Waals surface area contributed by atoms with Crippen LogP contribution in [-0.2, 0) is 9.53 Å². The Morgan fingerprint density at radius 1 is 1.12 bits per heavy atom. The first-order valence-electron chi connectivity index (χ1n) is 10.6. The molecule has 4 rings (SSSR count). The van der Waals surface area contributed by atoms with Gasteiger partial charge in [-0.2, -0.15) is 0 Å². The van der Waals surface area contributed by atoms with Crippen molar-refractivity contribution in [3.63, 3.8) is 0 Å². The van der Waals surface area contributed by atoms with E-state index in [9.17, 15) is 14.7 Å². The van der Waals surface area contributed by atoms with E-state index in [1.54, 1.807) is 48.8 Å². The Morgan fingerprint density at radius 3 is 2.45 bits per heavy atom. The maximum absolute atomic E-state index is 13.5. The van der Waals surface area contributed by atoms with Gasteiger partial charge in [0.15, 0.2) is 4.80 Å². The largest absolute Gasteiger partial charge is 0.508 e. The number of rotatable bonds is 6. The van der Waals surface area contributed by atoms with Crippen LogP contribution in [0.15, 0.2) is 69.6 Å². The molecule has 1 atom stereocenters. The third-order valence-electron chi connectivity index (χ3n) is 5.21. The molecule has 1 aliphatic heterocycles. The normalized spacial score (nSPS) is 15.7. The van der Waals surface area contributed by atoms with Gasteiger partial charge in [-0.05, 0) is 62.2 Å². The average molecular weight is 465 g/mol. The van der Waals surface area contributed by atoms with Gasteiger partial charge in [-0.15, -0.1) is 0 Å². The van der Waals surface area contributed by atoms with Crippen molar-refractivity contribution in [1.82, 2.24) is 4.57 Å². The number of thiazole rings is 1. The summed E-state index contributed by atoms with van der Waals surface area (Å²) in [6.07, 6.45) is 1.75. The molecule has 0 aliphatic carbocycles. The van der Waals surface area contributed by atoms with E-state index in [-0.39, 0.29) is 17.9 Å². The van der Waals surface area contributed by atoms with Gasteiger partial charge >= 0.3 is 5.97 Å². The lowest BCUT2D eigenvalue weighted by Gasteiger charge is -2.24. The molecule has 0 unspecified atom stereocenters. The maximum atomic E-state index is 13.5. The van der Waals surface area contributed by atoms with Crippen molar-refractivity contribution in [2.24, 2.45) is 4.99 Å². The molecule has 0 saturated heterocycles. The summed E-state index contributed by atoms with van der Waals surface area (Å²) in [7, 11) is 0. The zero-order valence-electron chi connectivity index (χ0n) is 18.6. The van der Waals surface area contributed by atoms with Crippen molar-refractivity contribution in [3.8, 4) is 11.5 Å². The number of hydrogen-bond donors (Lipinski definition) is 1. The van der Waals surface area contributed by atoms with Crippen molar-refractivity contribution in [1.29, 1.82) is 0 Å². The number of nitrogens with zero attached hydrogens (tertiary/aromatic N) is 2. The average Bonchev–Trinajstić information content (AvgIpc) is 3.10. The molecule has 0 saturated carbocycles. The molecule has 8 heteroatoms. The maximum Gasteiger partial charge on any atom is 0.338 e. The Labute approximate surface area is 194 Å². The highest BCUT2D eigenvalue weighted by atomic mass is 32.1. The summed E-state index contributed by atoms with van der Waals surface area (Å²) in [5, 5.41) is 9.53. The van der Waals surface area contributed by atoms with Crippen LogP contribution in [0.2, 0.25) is 0 Å². The lowest BCUT2D eigenvalue weighted by Crippen LogP contribution is -2.39. The van der Waals surface area contributed by atoms with E-state index in [4.69, 9.17) is 9.47 Å². The Morgan fingerprint density at radius 2 is 1.82 bits per heavy atom. The summed E-state index contributed by atoms with van der Waals surface area (Å²) in [5.41, 5.74) is 2.14. The number of aromatic hydroxyl groups is 1. The number of phenolic OH excluding ortho intramolecular Hbond substituents is 1. The molecule has 0 bridgehead atoms. The van der Waals surface area contributed by atoms with E-state index in [1.807, 2.05) is 31.2 Å². The minimum absolute atomic E-state index is 0.152. The molecule has 1 N–H and O–H groups in total. The van der Waals surface area contributed by atoms with Crippen LogP contribution in [0.3, 0.4) is 0 Å². The summed E-state index contributed by atoms with van der Waals surface area (Å²) >= 11 is 1.26. The lowest BCUT2D eigenvalue weighted by molar-refractivity contribution is -0.139. The highest BCUT2D eigenvalue weighted by Crippen LogP contribution is 2.31. The second kappa shape index (κ2) is 9.46. The lowest BCUT2D eigenvalue weighted by atomic mass is 9.96. The number of phenols is 1. The molecule has 2 heterocycles. The van der Waals surface area contributed by atoms with Crippen LogP contribution >= 0.6 is 11.3 Å². The van der Waals surface area contributed by atoms with Crippen molar-refractivity contribution in [3.05, 3.63) is 90.6 Å². The van der Waals surface area contributed by atoms with Crippen molar-refractivity contribution >= 4 is 23.4 Å². The SMILES string of the molecule is CCOC(=O)C1=C(C)N=c2s/c(=C\c3ccc(O)cc3)c(=O)n2[C@H]1c1ccc(OCC)cc1. The van der Waals surface area contributed by atoms with E-state index >= 15 is 0 Å². The monoisotopic (exact) mass is 464 g/mol. The molecule has 33 heavy (non-hydrogen) atoms. The topological polar surface area (TPSA) is 90.1 Å². The summed E-state index contributed by atoms with van der Waals surface area (Å²) < 4.78 is 12.9. The number of benzene rings is 2. The first kappa shape index (κ1) is 22.5. The van der Waals surface area contributed by atoms with E-state index in [0.29, 0.717) is 33.0 Å². The summed E-state index contributed by atoms with van der Waals surface area (Å²) in [6.45, 7) is 6.17. The van der Waals surface area contributed by atoms with Gasteiger partial charge in [-0.25, -0.2) is 9.79 Å². The predicted octanol–water partition coefficient (Wildman–Crippen LogP) is 2.90. The van der Waals surface area contributed by atoms with Gasteiger partial charge in [-0.1, -0.05) is 35.6 Å². The van der Waals surface area contributed by atoms with Crippen LogP contribution in [0.1, 0.15) is 37.9 Å². The zero-order chi connectivity index (χ0) is 23.5. The fourth-order valence-corrected chi connectivity index (χ4v) is 4.79. The van der Waals surface area contributed by atoms with Gasteiger partial charge in [0.2, 0.25) is 0 Å². The summed E-state index contributed by atoms with van der Waals surface area (Å²) in [4.78, 5) is 31.5. The van der Waals surface area contributed by atoms with Crippen molar-refractivity contribution in [2.45, 2.75) is 26.8 Å². The first-order valence-corrected chi connectivity index (χ1v) is 11.5. The number of hydrogen-bond acceptors (Lipinski definition) is 7. The van der Waals surface area contributed by atoms with E-state index in [0.717, 1.165) is 11.1 Å². The van der Waals surface area contributed by atoms with Crippen LogP contribution in [0.4, 0.5) is 0 Å². The molecule has 3 aromatic rings. The fraction of sp³-hybridized carbons (Fsp3) is 0.240. The van der Waals surface area contributed by atoms with Gasteiger partial charge in [-0.3, -0.25) is 9.36 Å². The van der Waals surface area contributed by atoms with Crippen molar-refractivity contribution < 1.29 is 19.4 Å². The molecular weight excluding hydrogens is 440 g/mol. The quantitative estimate of drug-likeness (QED) is 0.567. The second-order valence-electron chi connectivity index (χ2n) is 7.40. The van der Waals surface area contributed by atoms with Gasteiger partial charge in [0, 0.05) is 0 Å². The minimum atomic E-state index is -0.669. The molecule has 0 radical (unpaired) electrons. The van der Waals surface area contributed by atoms with Crippen LogP contribution in [0.5, 0.6) is 11.5 Å². The molecule has 2 aromatic carbocycles. The van der Waals surface area contributed by atoms with Crippen molar-refractivity contribution in [2.75, 3.05) is 13.2 Å².